The third kappa shape index (κ3) is 1.52. The number of hydrogen-bond acceptors (Lipinski definition) is 2. The fraction of sp³-hybridized carbons (Fsp3) is 0.167. The van der Waals surface area contributed by atoms with Gasteiger partial charge in [-0.05, 0) is 6.07 Å². The van der Waals surface area contributed by atoms with E-state index in [4.69, 9.17) is 28.3 Å². The van der Waals surface area contributed by atoms with Crippen molar-refractivity contribution in [3.8, 4) is 5.75 Å². The van der Waals surface area contributed by atoms with Crippen molar-refractivity contribution >= 4 is 23.2 Å². The Morgan fingerprint density at radius 3 is 2.80 bits per heavy atom. The molecule has 1 rings (SSSR count). The molecule has 0 aromatic carbocycles. The van der Waals surface area contributed by atoms with Crippen molar-refractivity contribution in [1.82, 2.24) is 4.98 Å². The van der Waals surface area contributed by atoms with Gasteiger partial charge < -0.3 is 5.11 Å². The van der Waals surface area contributed by atoms with Crippen LogP contribution in [0.15, 0.2) is 12.3 Å². The molecule has 1 heterocycles. The number of hydrogen-bond donors (Lipinski definition) is 1. The van der Waals surface area contributed by atoms with Crippen LogP contribution in [0.4, 0.5) is 0 Å². The maximum Gasteiger partial charge on any atom is 0.152 e. The lowest BCUT2D eigenvalue weighted by Crippen LogP contribution is -1.83. The quantitative estimate of drug-likeness (QED) is 0.668. The van der Waals surface area contributed by atoms with Gasteiger partial charge >= 0.3 is 0 Å². The summed E-state index contributed by atoms with van der Waals surface area (Å²) >= 11 is 11.0. The Bertz CT molecular complexity index is 239. The fourth-order valence-corrected chi connectivity index (χ4v) is 0.857. The number of aromatic hydroxyl groups is 1. The molecule has 0 aliphatic rings. The predicted octanol–water partition coefficient (Wildman–Crippen LogP) is 2.18. The SMILES string of the molecule is Oc1cnc(CCl)cc1Cl. The van der Waals surface area contributed by atoms with Gasteiger partial charge in [0, 0.05) is 0 Å². The van der Waals surface area contributed by atoms with Gasteiger partial charge in [0.1, 0.15) is 0 Å². The molecule has 10 heavy (non-hydrogen) atoms. The van der Waals surface area contributed by atoms with Crippen LogP contribution in [0.25, 0.3) is 0 Å². The summed E-state index contributed by atoms with van der Waals surface area (Å²) < 4.78 is 0. The molecule has 0 radical (unpaired) electrons. The van der Waals surface area contributed by atoms with E-state index in [2.05, 4.69) is 4.98 Å². The van der Waals surface area contributed by atoms with Gasteiger partial charge in [-0.2, -0.15) is 0 Å². The van der Waals surface area contributed by atoms with Gasteiger partial charge in [0.15, 0.2) is 5.75 Å². The van der Waals surface area contributed by atoms with Crippen LogP contribution in [0.3, 0.4) is 0 Å². The van der Waals surface area contributed by atoms with Crippen molar-refractivity contribution < 1.29 is 5.11 Å². The van der Waals surface area contributed by atoms with Gasteiger partial charge in [-0.3, -0.25) is 4.98 Å². The zero-order valence-electron chi connectivity index (χ0n) is 5.01. The molecule has 0 unspecified atom stereocenters. The van der Waals surface area contributed by atoms with Crippen molar-refractivity contribution in [1.29, 1.82) is 0 Å². The summed E-state index contributed by atoms with van der Waals surface area (Å²) in [5.74, 6) is 0.288. The van der Waals surface area contributed by atoms with Crippen LogP contribution in [-0.4, -0.2) is 10.1 Å². The van der Waals surface area contributed by atoms with Gasteiger partial charge in [-0.1, -0.05) is 11.6 Å². The maximum atomic E-state index is 8.90. The van der Waals surface area contributed by atoms with E-state index in [9.17, 15) is 0 Å². The molecule has 0 bridgehead atoms. The number of nitrogens with zero attached hydrogens (tertiary/aromatic N) is 1. The van der Waals surface area contributed by atoms with Crippen molar-refractivity contribution in [3.63, 3.8) is 0 Å². The first kappa shape index (κ1) is 7.63. The first-order chi connectivity index (χ1) is 4.74. The van der Waals surface area contributed by atoms with E-state index < -0.39 is 0 Å². The third-order valence-corrected chi connectivity index (χ3v) is 1.60. The molecular formula is C6H5Cl2NO. The lowest BCUT2D eigenvalue weighted by Gasteiger charge is -1.96. The van der Waals surface area contributed by atoms with Crippen molar-refractivity contribution in [2.24, 2.45) is 0 Å². The van der Waals surface area contributed by atoms with Gasteiger partial charge in [0.05, 0.1) is 22.8 Å². The number of halogens is 2. The molecule has 0 fully saturated rings. The summed E-state index contributed by atoms with van der Waals surface area (Å²) in [6.07, 6.45) is 1.28. The number of alkyl halides is 1. The van der Waals surface area contributed by atoms with Crippen molar-refractivity contribution in [2.45, 2.75) is 5.88 Å². The molecule has 1 N–H and O–H groups in total. The molecule has 2 nitrogen and oxygen atoms in total. The second-order valence-electron chi connectivity index (χ2n) is 1.76. The summed E-state index contributed by atoms with van der Waals surface area (Å²) in [7, 11) is 0. The molecule has 1 aromatic heterocycles. The maximum absolute atomic E-state index is 8.90. The smallest absolute Gasteiger partial charge is 0.152 e. The Morgan fingerprint density at radius 2 is 2.30 bits per heavy atom. The van der Waals surface area contributed by atoms with Crippen LogP contribution < -0.4 is 0 Å². The Kier molecular flexibility index (Phi) is 2.35. The number of rotatable bonds is 1. The zero-order valence-corrected chi connectivity index (χ0v) is 6.52. The highest BCUT2D eigenvalue weighted by molar-refractivity contribution is 6.32. The van der Waals surface area contributed by atoms with Crippen molar-refractivity contribution in [3.05, 3.63) is 23.0 Å². The number of pyridine rings is 1. The number of aromatic nitrogens is 1. The second kappa shape index (κ2) is 3.08. The first-order valence-corrected chi connectivity index (χ1v) is 3.54. The van der Waals surface area contributed by atoms with E-state index in [0.717, 1.165) is 0 Å². The lowest BCUT2D eigenvalue weighted by atomic mass is 10.4. The monoisotopic (exact) mass is 177 g/mol. The van der Waals surface area contributed by atoms with Gasteiger partial charge in [-0.25, -0.2) is 0 Å². The average molecular weight is 178 g/mol. The van der Waals surface area contributed by atoms with E-state index in [-0.39, 0.29) is 10.8 Å². The molecule has 0 aliphatic carbocycles. The molecule has 1 aromatic rings. The largest absolute Gasteiger partial charge is 0.505 e. The predicted molar refractivity (Wildman–Crippen MR) is 40.5 cm³/mol. The van der Waals surface area contributed by atoms with Gasteiger partial charge in [0.25, 0.3) is 0 Å². The van der Waals surface area contributed by atoms with E-state index >= 15 is 0 Å². The van der Waals surface area contributed by atoms with Crippen LogP contribution in [0.5, 0.6) is 5.75 Å². The Hall–Kier alpha value is -0.470. The zero-order chi connectivity index (χ0) is 7.56. The molecule has 54 valence electrons. The van der Waals surface area contributed by atoms with Crippen LogP contribution in [0.1, 0.15) is 5.69 Å². The minimum Gasteiger partial charge on any atom is -0.505 e. The minimum atomic E-state index is -0.0180. The molecule has 0 spiro atoms. The molecule has 4 heteroatoms. The Balaban J connectivity index is 3.04. The summed E-state index contributed by atoms with van der Waals surface area (Å²) in [6.45, 7) is 0. The normalized spacial score (nSPS) is 9.80. The fourth-order valence-electron chi connectivity index (χ4n) is 0.536. The molecule has 0 amide bonds. The highest BCUT2D eigenvalue weighted by Crippen LogP contribution is 2.21. The first-order valence-electron chi connectivity index (χ1n) is 2.63. The van der Waals surface area contributed by atoms with Crippen LogP contribution >= 0.6 is 23.2 Å². The van der Waals surface area contributed by atoms with Crippen molar-refractivity contribution in [2.75, 3.05) is 0 Å². The van der Waals surface area contributed by atoms with E-state index in [1.165, 1.54) is 12.3 Å². The summed E-state index contributed by atoms with van der Waals surface area (Å²) in [5.41, 5.74) is 0.657. The summed E-state index contributed by atoms with van der Waals surface area (Å²) in [6, 6.07) is 1.53. The summed E-state index contributed by atoms with van der Waals surface area (Å²) in [5, 5.41) is 9.18. The van der Waals surface area contributed by atoms with Crippen LogP contribution in [-0.2, 0) is 5.88 Å². The average Bonchev–Trinajstić information content (AvgIpc) is 1.95. The second-order valence-corrected chi connectivity index (χ2v) is 2.44. The third-order valence-electron chi connectivity index (χ3n) is 1.03. The highest BCUT2D eigenvalue weighted by atomic mass is 35.5. The molecule has 0 aliphatic heterocycles. The Labute approximate surface area is 68.4 Å². The van der Waals surface area contributed by atoms with Crippen LogP contribution in [0, 0.1) is 0 Å². The highest BCUT2D eigenvalue weighted by Gasteiger charge is 1.98. The van der Waals surface area contributed by atoms with E-state index in [1.807, 2.05) is 0 Å². The van der Waals surface area contributed by atoms with Gasteiger partial charge in [0.2, 0.25) is 0 Å². The van der Waals surface area contributed by atoms with Crippen LogP contribution in [0.2, 0.25) is 5.02 Å². The molecule has 0 saturated carbocycles. The standard InChI is InChI=1S/C6H5Cl2NO/c7-2-4-1-5(8)6(10)3-9-4/h1,3,10H,2H2. The topological polar surface area (TPSA) is 33.1 Å². The molecule has 0 saturated heterocycles. The van der Waals surface area contributed by atoms with Gasteiger partial charge in [-0.15, -0.1) is 11.6 Å². The summed E-state index contributed by atoms with van der Waals surface area (Å²) in [4.78, 5) is 3.79. The van der Waals surface area contributed by atoms with E-state index in [0.29, 0.717) is 11.6 Å². The Morgan fingerprint density at radius 1 is 1.60 bits per heavy atom. The van der Waals surface area contributed by atoms with E-state index in [1.54, 1.807) is 0 Å². The molecular weight excluding hydrogens is 173 g/mol. The lowest BCUT2D eigenvalue weighted by molar-refractivity contribution is 0.472. The molecule has 0 atom stereocenters. The minimum absolute atomic E-state index is 0.0180.